The van der Waals surface area contributed by atoms with Gasteiger partial charge >= 0.3 is 0 Å². The van der Waals surface area contributed by atoms with Gasteiger partial charge in [0.05, 0.1) is 6.10 Å². The van der Waals surface area contributed by atoms with Gasteiger partial charge in [-0.05, 0) is 31.4 Å². The molecule has 0 aromatic heterocycles. The second-order valence-electron chi connectivity index (χ2n) is 4.16. The van der Waals surface area contributed by atoms with E-state index in [-0.39, 0.29) is 5.60 Å². The molecule has 1 fully saturated rings. The minimum atomic E-state index is -0.151. The largest absolute Gasteiger partial charge is 0.367 e. The molecule has 1 aliphatic rings. The van der Waals surface area contributed by atoms with Crippen LogP contribution in [0.15, 0.2) is 28.7 Å². The van der Waals surface area contributed by atoms with Crippen molar-refractivity contribution in [3.05, 3.63) is 34.3 Å². The fourth-order valence-corrected chi connectivity index (χ4v) is 2.91. The summed E-state index contributed by atoms with van der Waals surface area (Å²) in [6.07, 6.45) is 2.92. The maximum absolute atomic E-state index is 6.13. The van der Waals surface area contributed by atoms with Crippen LogP contribution in [0.2, 0.25) is 0 Å². The van der Waals surface area contributed by atoms with Gasteiger partial charge in [0.2, 0.25) is 0 Å². The molecule has 15 heavy (non-hydrogen) atoms. The van der Waals surface area contributed by atoms with E-state index in [1.54, 1.807) is 0 Å². The summed E-state index contributed by atoms with van der Waals surface area (Å²) in [6.45, 7) is 2.18. The first-order valence-corrected chi connectivity index (χ1v) is 7.46. The lowest BCUT2D eigenvalue weighted by Crippen LogP contribution is -2.29. The zero-order chi connectivity index (χ0) is 10.9. The van der Waals surface area contributed by atoms with Crippen molar-refractivity contribution >= 4 is 38.5 Å². The van der Waals surface area contributed by atoms with Crippen molar-refractivity contribution in [1.82, 2.24) is 0 Å². The van der Waals surface area contributed by atoms with Crippen molar-refractivity contribution in [2.45, 2.75) is 31.5 Å². The van der Waals surface area contributed by atoms with E-state index in [0.29, 0.717) is 6.10 Å². The zero-order valence-corrected chi connectivity index (χ0v) is 12.4. The molecule has 0 bridgehead atoms. The Kier molecular flexibility index (Phi) is 3.73. The summed E-state index contributed by atoms with van der Waals surface area (Å²) in [7, 11) is 0. The number of alkyl halides is 1. The Labute approximate surface area is 113 Å². The van der Waals surface area contributed by atoms with Crippen molar-refractivity contribution in [1.29, 1.82) is 0 Å². The van der Waals surface area contributed by atoms with Crippen LogP contribution in [0.5, 0.6) is 0 Å². The van der Waals surface area contributed by atoms with Gasteiger partial charge in [-0.2, -0.15) is 0 Å². The number of halogens is 2. The summed E-state index contributed by atoms with van der Waals surface area (Å²) in [4.78, 5) is 0. The number of ether oxygens (including phenoxy) is 1. The predicted octanol–water partition coefficient (Wildman–Crippen LogP) is 4.28. The van der Waals surface area contributed by atoms with E-state index in [1.807, 2.05) is 6.07 Å². The zero-order valence-electron chi connectivity index (χ0n) is 8.67. The molecule has 0 aliphatic heterocycles. The van der Waals surface area contributed by atoms with E-state index in [1.165, 1.54) is 18.4 Å². The van der Waals surface area contributed by atoms with Crippen molar-refractivity contribution < 1.29 is 4.74 Å². The smallest absolute Gasteiger partial charge is 0.101 e. The summed E-state index contributed by atoms with van der Waals surface area (Å²) in [5, 5.41) is 0. The minimum Gasteiger partial charge on any atom is -0.367 e. The van der Waals surface area contributed by atoms with Crippen molar-refractivity contribution in [2.24, 2.45) is 0 Å². The molecule has 0 heterocycles. The number of rotatable bonds is 4. The number of benzene rings is 1. The third-order valence-electron chi connectivity index (χ3n) is 2.65. The monoisotopic (exact) mass is 380 g/mol. The van der Waals surface area contributed by atoms with Crippen LogP contribution in [0.4, 0.5) is 0 Å². The van der Waals surface area contributed by atoms with Crippen LogP contribution in [0.25, 0.3) is 0 Å². The van der Waals surface area contributed by atoms with Gasteiger partial charge in [0.25, 0.3) is 0 Å². The van der Waals surface area contributed by atoms with Crippen molar-refractivity contribution in [3.63, 3.8) is 0 Å². The SMILES string of the molecule is CC(CI)(OC1CC1)c1ccccc1Br. The molecule has 1 saturated carbocycles. The van der Waals surface area contributed by atoms with E-state index in [9.17, 15) is 0 Å². The molecule has 3 heteroatoms. The molecule has 1 atom stereocenters. The topological polar surface area (TPSA) is 9.23 Å². The lowest BCUT2D eigenvalue weighted by atomic mass is 9.98. The Bertz CT molecular complexity index is 351. The maximum atomic E-state index is 6.13. The molecule has 0 saturated heterocycles. The van der Waals surface area contributed by atoms with Gasteiger partial charge in [0, 0.05) is 8.90 Å². The van der Waals surface area contributed by atoms with Crippen molar-refractivity contribution in [3.8, 4) is 0 Å². The van der Waals surface area contributed by atoms with Gasteiger partial charge in [0.15, 0.2) is 0 Å². The Morgan fingerprint density at radius 1 is 1.47 bits per heavy atom. The minimum absolute atomic E-state index is 0.151. The van der Waals surface area contributed by atoms with Crippen LogP contribution in [0, 0.1) is 0 Å². The first-order valence-electron chi connectivity index (χ1n) is 5.14. The molecule has 82 valence electrons. The molecule has 1 unspecified atom stereocenters. The molecule has 0 N–H and O–H groups in total. The molecular weight excluding hydrogens is 367 g/mol. The normalized spacial score (nSPS) is 19.9. The molecule has 0 amide bonds. The maximum Gasteiger partial charge on any atom is 0.101 e. The number of hydrogen-bond donors (Lipinski definition) is 0. The van der Waals surface area contributed by atoms with E-state index in [0.717, 1.165) is 8.90 Å². The lowest BCUT2D eigenvalue weighted by Gasteiger charge is -2.29. The van der Waals surface area contributed by atoms with Gasteiger partial charge in [-0.3, -0.25) is 0 Å². The van der Waals surface area contributed by atoms with Crippen LogP contribution >= 0.6 is 38.5 Å². The van der Waals surface area contributed by atoms with Crippen LogP contribution in [-0.2, 0) is 10.3 Å². The highest BCUT2D eigenvalue weighted by Gasteiger charge is 2.35. The average Bonchev–Trinajstić information content (AvgIpc) is 3.02. The Morgan fingerprint density at radius 2 is 2.13 bits per heavy atom. The quantitative estimate of drug-likeness (QED) is 0.559. The standard InChI is InChI=1S/C12H14BrIO/c1-12(8-14,15-9-6-7-9)10-4-2-3-5-11(10)13/h2-5,9H,6-8H2,1H3. The molecule has 1 aliphatic carbocycles. The second-order valence-corrected chi connectivity index (χ2v) is 5.78. The van der Waals surface area contributed by atoms with Gasteiger partial charge in [-0.25, -0.2) is 0 Å². The van der Waals surface area contributed by atoms with Crippen LogP contribution in [0.3, 0.4) is 0 Å². The second kappa shape index (κ2) is 4.72. The van der Waals surface area contributed by atoms with Gasteiger partial charge in [-0.15, -0.1) is 0 Å². The third kappa shape index (κ3) is 2.74. The highest BCUT2D eigenvalue weighted by molar-refractivity contribution is 14.1. The van der Waals surface area contributed by atoms with Crippen molar-refractivity contribution in [2.75, 3.05) is 4.43 Å². The molecule has 0 spiro atoms. The molecular formula is C12H14BrIO. The van der Waals surface area contributed by atoms with Crippen LogP contribution in [0.1, 0.15) is 25.3 Å². The summed E-state index contributed by atoms with van der Waals surface area (Å²) in [6, 6.07) is 8.33. The van der Waals surface area contributed by atoms with Gasteiger partial charge < -0.3 is 4.74 Å². The lowest BCUT2D eigenvalue weighted by molar-refractivity contribution is -0.0282. The Balaban J connectivity index is 2.27. The van der Waals surface area contributed by atoms with E-state index < -0.39 is 0 Å². The fourth-order valence-electron chi connectivity index (χ4n) is 1.61. The molecule has 2 rings (SSSR count). The number of hydrogen-bond acceptors (Lipinski definition) is 1. The Hall–Kier alpha value is 0.390. The summed E-state index contributed by atoms with van der Waals surface area (Å²) >= 11 is 6.00. The van der Waals surface area contributed by atoms with Gasteiger partial charge in [0.1, 0.15) is 5.60 Å². The average molecular weight is 381 g/mol. The van der Waals surface area contributed by atoms with E-state index in [2.05, 4.69) is 63.6 Å². The van der Waals surface area contributed by atoms with Crippen LogP contribution in [-0.4, -0.2) is 10.5 Å². The first-order chi connectivity index (χ1) is 7.15. The molecule has 0 radical (unpaired) electrons. The molecule has 1 aromatic rings. The van der Waals surface area contributed by atoms with E-state index >= 15 is 0 Å². The Morgan fingerprint density at radius 3 is 2.67 bits per heavy atom. The molecule has 1 aromatic carbocycles. The highest BCUT2D eigenvalue weighted by atomic mass is 127. The summed E-state index contributed by atoms with van der Waals surface area (Å²) < 4.78 is 8.25. The highest BCUT2D eigenvalue weighted by Crippen LogP contribution is 2.38. The first kappa shape index (κ1) is 11.9. The van der Waals surface area contributed by atoms with Gasteiger partial charge in [-0.1, -0.05) is 56.7 Å². The summed E-state index contributed by atoms with van der Waals surface area (Å²) in [5.74, 6) is 0. The third-order valence-corrected chi connectivity index (χ3v) is 4.80. The fraction of sp³-hybridized carbons (Fsp3) is 0.500. The summed E-state index contributed by atoms with van der Waals surface area (Å²) in [5.41, 5.74) is 1.10. The van der Waals surface area contributed by atoms with E-state index in [4.69, 9.17) is 4.74 Å². The molecule has 1 nitrogen and oxygen atoms in total. The van der Waals surface area contributed by atoms with Crippen LogP contribution < -0.4 is 0 Å². The predicted molar refractivity (Wildman–Crippen MR) is 74.5 cm³/mol.